The summed E-state index contributed by atoms with van der Waals surface area (Å²) < 4.78 is 39.9. The van der Waals surface area contributed by atoms with Crippen molar-refractivity contribution in [2.45, 2.75) is 43.9 Å². The molecule has 21 heavy (non-hydrogen) atoms. The SMILES string of the molecule is CCn1ncc(S(=O)(=O)N2CCC3(CC2)OCCO3)c1C. The Balaban J connectivity index is 1.78. The van der Waals surface area contributed by atoms with Gasteiger partial charge in [-0.15, -0.1) is 0 Å². The highest BCUT2D eigenvalue weighted by Crippen LogP contribution is 2.33. The highest BCUT2D eigenvalue weighted by atomic mass is 32.2. The van der Waals surface area contributed by atoms with E-state index in [2.05, 4.69) is 5.10 Å². The van der Waals surface area contributed by atoms with Gasteiger partial charge in [0.05, 0.1) is 25.1 Å². The van der Waals surface area contributed by atoms with E-state index in [4.69, 9.17) is 9.47 Å². The number of hydrogen-bond acceptors (Lipinski definition) is 5. The summed E-state index contributed by atoms with van der Waals surface area (Å²) in [4.78, 5) is 0.300. The molecule has 7 nitrogen and oxygen atoms in total. The van der Waals surface area contributed by atoms with Gasteiger partial charge in [0.1, 0.15) is 4.90 Å². The minimum atomic E-state index is -3.49. The number of nitrogens with zero attached hydrogens (tertiary/aromatic N) is 3. The molecule has 2 aliphatic heterocycles. The third-order valence-electron chi connectivity index (χ3n) is 4.27. The lowest BCUT2D eigenvalue weighted by Crippen LogP contribution is -2.47. The minimum Gasteiger partial charge on any atom is -0.347 e. The zero-order valence-corrected chi connectivity index (χ0v) is 13.2. The Morgan fingerprint density at radius 3 is 2.43 bits per heavy atom. The fraction of sp³-hybridized carbons (Fsp3) is 0.769. The molecule has 0 N–H and O–H groups in total. The molecule has 0 aromatic carbocycles. The van der Waals surface area contributed by atoms with E-state index in [1.165, 1.54) is 10.5 Å². The molecule has 1 spiro atoms. The van der Waals surface area contributed by atoms with Crippen LogP contribution in [-0.2, 0) is 26.0 Å². The van der Waals surface area contributed by atoms with Crippen LogP contribution in [0, 0.1) is 6.92 Å². The summed E-state index contributed by atoms with van der Waals surface area (Å²) in [5.41, 5.74) is 0.686. The Hall–Kier alpha value is -0.960. The highest BCUT2D eigenvalue weighted by molar-refractivity contribution is 7.89. The van der Waals surface area contributed by atoms with E-state index in [9.17, 15) is 8.42 Å². The molecule has 2 aliphatic rings. The van der Waals surface area contributed by atoms with Crippen LogP contribution in [0.5, 0.6) is 0 Å². The molecule has 1 aromatic heterocycles. The smallest absolute Gasteiger partial charge is 0.246 e. The van der Waals surface area contributed by atoms with E-state index in [0.717, 1.165) is 0 Å². The molecule has 118 valence electrons. The minimum absolute atomic E-state index is 0.300. The van der Waals surface area contributed by atoms with Crippen LogP contribution in [0.1, 0.15) is 25.5 Å². The standard InChI is InChI=1S/C13H21N3O4S/c1-3-16-11(2)12(10-14-16)21(17,18)15-6-4-13(5-7-15)19-8-9-20-13/h10H,3-9H2,1-2H3. The number of ether oxygens (including phenoxy) is 2. The fourth-order valence-corrected chi connectivity index (χ4v) is 4.59. The highest BCUT2D eigenvalue weighted by Gasteiger charge is 2.43. The average Bonchev–Trinajstić information content (AvgIpc) is 3.06. The molecule has 2 saturated heterocycles. The van der Waals surface area contributed by atoms with Crippen molar-refractivity contribution < 1.29 is 17.9 Å². The summed E-state index contributed by atoms with van der Waals surface area (Å²) in [6.07, 6.45) is 2.60. The predicted octanol–water partition coefficient (Wildman–Crippen LogP) is 0.739. The van der Waals surface area contributed by atoms with Crippen molar-refractivity contribution in [3.63, 3.8) is 0 Å². The summed E-state index contributed by atoms with van der Waals surface area (Å²) in [7, 11) is -3.49. The second kappa shape index (κ2) is 5.35. The van der Waals surface area contributed by atoms with E-state index in [1.54, 1.807) is 11.6 Å². The van der Waals surface area contributed by atoms with Crippen LogP contribution < -0.4 is 0 Å². The first-order valence-electron chi connectivity index (χ1n) is 7.29. The zero-order chi connectivity index (χ0) is 15.1. The van der Waals surface area contributed by atoms with E-state index >= 15 is 0 Å². The van der Waals surface area contributed by atoms with E-state index in [-0.39, 0.29) is 0 Å². The van der Waals surface area contributed by atoms with Crippen molar-refractivity contribution in [3.05, 3.63) is 11.9 Å². The largest absolute Gasteiger partial charge is 0.347 e. The number of sulfonamides is 1. The van der Waals surface area contributed by atoms with Gasteiger partial charge in [0.2, 0.25) is 10.0 Å². The van der Waals surface area contributed by atoms with Crippen LogP contribution in [0.2, 0.25) is 0 Å². The summed E-state index contributed by atoms with van der Waals surface area (Å²) in [5, 5.41) is 4.13. The number of aryl methyl sites for hydroxylation is 1. The molecule has 1 aromatic rings. The van der Waals surface area contributed by atoms with Gasteiger partial charge in [-0.05, 0) is 13.8 Å². The Labute approximate surface area is 124 Å². The third-order valence-corrected chi connectivity index (χ3v) is 6.27. The lowest BCUT2D eigenvalue weighted by atomic mass is 10.1. The van der Waals surface area contributed by atoms with Gasteiger partial charge >= 0.3 is 0 Å². The van der Waals surface area contributed by atoms with Crippen molar-refractivity contribution >= 4 is 10.0 Å². The first-order valence-corrected chi connectivity index (χ1v) is 8.73. The molecule has 2 fully saturated rings. The van der Waals surface area contributed by atoms with Crippen LogP contribution >= 0.6 is 0 Å². The predicted molar refractivity (Wildman–Crippen MR) is 75.3 cm³/mol. The Morgan fingerprint density at radius 1 is 1.29 bits per heavy atom. The van der Waals surface area contributed by atoms with Gasteiger partial charge in [-0.3, -0.25) is 4.68 Å². The van der Waals surface area contributed by atoms with Gasteiger partial charge in [-0.1, -0.05) is 0 Å². The van der Waals surface area contributed by atoms with Gasteiger partial charge in [0.25, 0.3) is 0 Å². The quantitative estimate of drug-likeness (QED) is 0.822. The van der Waals surface area contributed by atoms with Gasteiger partial charge in [-0.25, -0.2) is 8.42 Å². The molecular weight excluding hydrogens is 294 g/mol. The van der Waals surface area contributed by atoms with Crippen molar-refractivity contribution in [1.29, 1.82) is 0 Å². The van der Waals surface area contributed by atoms with Crippen LogP contribution in [0.15, 0.2) is 11.1 Å². The number of piperidine rings is 1. The number of hydrogen-bond donors (Lipinski definition) is 0. The molecule has 3 rings (SSSR count). The van der Waals surface area contributed by atoms with Crippen LogP contribution in [-0.4, -0.2) is 54.6 Å². The second-order valence-electron chi connectivity index (χ2n) is 5.42. The summed E-state index contributed by atoms with van der Waals surface area (Å²) in [5.74, 6) is -0.561. The zero-order valence-electron chi connectivity index (χ0n) is 12.4. The van der Waals surface area contributed by atoms with E-state index in [0.29, 0.717) is 56.3 Å². The molecule has 0 atom stereocenters. The van der Waals surface area contributed by atoms with Crippen LogP contribution in [0.25, 0.3) is 0 Å². The molecule has 0 radical (unpaired) electrons. The fourth-order valence-electron chi connectivity index (χ4n) is 2.99. The first-order chi connectivity index (χ1) is 9.98. The van der Waals surface area contributed by atoms with Crippen molar-refractivity contribution in [2.24, 2.45) is 0 Å². The van der Waals surface area contributed by atoms with Crippen molar-refractivity contribution in [3.8, 4) is 0 Å². The third kappa shape index (κ3) is 2.50. The summed E-state index contributed by atoms with van der Waals surface area (Å²) in [6, 6.07) is 0. The van der Waals surface area contributed by atoms with Crippen LogP contribution in [0.3, 0.4) is 0 Å². The maximum Gasteiger partial charge on any atom is 0.246 e. The Bertz CT molecular complexity index is 609. The molecule has 0 aliphatic carbocycles. The van der Waals surface area contributed by atoms with E-state index < -0.39 is 15.8 Å². The molecule has 0 unspecified atom stereocenters. The monoisotopic (exact) mass is 315 g/mol. The maximum atomic E-state index is 12.7. The van der Waals surface area contributed by atoms with Gasteiger partial charge in [0.15, 0.2) is 5.79 Å². The molecule has 3 heterocycles. The summed E-state index contributed by atoms with van der Waals surface area (Å²) in [6.45, 7) is 6.41. The lowest BCUT2D eigenvalue weighted by Gasteiger charge is -2.36. The second-order valence-corrected chi connectivity index (χ2v) is 7.33. The van der Waals surface area contributed by atoms with Crippen LogP contribution in [0.4, 0.5) is 0 Å². The van der Waals surface area contributed by atoms with E-state index in [1.807, 2.05) is 6.92 Å². The average molecular weight is 315 g/mol. The van der Waals surface area contributed by atoms with Gasteiger partial charge in [-0.2, -0.15) is 9.40 Å². The number of rotatable bonds is 3. The van der Waals surface area contributed by atoms with Gasteiger partial charge < -0.3 is 9.47 Å². The molecule has 0 saturated carbocycles. The number of aromatic nitrogens is 2. The maximum absolute atomic E-state index is 12.7. The molecule has 8 heteroatoms. The Kier molecular flexibility index (Phi) is 3.81. The molecule has 0 bridgehead atoms. The summed E-state index contributed by atoms with van der Waals surface area (Å²) >= 11 is 0. The first kappa shape index (κ1) is 15.0. The van der Waals surface area contributed by atoms with Crippen molar-refractivity contribution in [2.75, 3.05) is 26.3 Å². The molecular formula is C13H21N3O4S. The molecule has 0 amide bonds. The van der Waals surface area contributed by atoms with Gasteiger partial charge in [0, 0.05) is 32.5 Å². The lowest BCUT2D eigenvalue weighted by molar-refractivity contribution is -0.179. The Morgan fingerprint density at radius 2 is 1.90 bits per heavy atom. The normalized spacial score (nSPS) is 23.0. The topological polar surface area (TPSA) is 73.7 Å². The van der Waals surface area contributed by atoms with Crippen molar-refractivity contribution in [1.82, 2.24) is 14.1 Å².